The molecule has 1 saturated heterocycles. The molecule has 1 fully saturated rings. The Bertz CT molecular complexity index is 453. The molecule has 1 aliphatic heterocycles. The number of aryl methyl sites for hydroxylation is 2. The van der Waals surface area contributed by atoms with Crippen molar-refractivity contribution in [1.82, 2.24) is 4.90 Å². The van der Waals surface area contributed by atoms with Crippen LogP contribution in [0.3, 0.4) is 0 Å². The number of amides is 1. The van der Waals surface area contributed by atoms with Gasteiger partial charge >= 0.3 is 0 Å². The zero-order valence-corrected chi connectivity index (χ0v) is 11.8. The molecule has 19 heavy (non-hydrogen) atoms. The molecule has 1 unspecified atom stereocenters. The minimum atomic E-state index is -0.296. The van der Waals surface area contributed by atoms with Gasteiger partial charge in [0.1, 0.15) is 0 Å². The summed E-state index contributed by atoms with van der Waals surface area (Å²) in [5.74, 6) is -0.00787. The highest BCUT2D eigenvalue weighted by atomic mass is 16.3. The van der Waals surface area contributed by atoms with Crippen LogP contribution in [-0.2, 0) is 4.79 Å². The summed E-state index contributed by atoms with van der Waals surface area (Å²) in [5, 5.41) is 12.5. The Kier molecular flexibility index (Phi) is 4.22. The summed E-state index contributed by atoms with van der Waals surface area (Å²) in [6.45, 7) is 7.24. The predicted molar refractivity (Wildman–Crippen MR) is 76.2 cm³/mol. The second-order valence-corrected chi connectivity index (χ2v) is 5.37. The van der Waals surface area contributed by atoms with Crippen LogP contribution in [0.2, 0.25) is 0 Å². The number of aliphatic hydroxyl groups is 1. The number of aliphatic hydroxyl groups excluding tert-OH is 1. The fourth-order valence-electron chi connectivity index (χ4n) is 2.52. The van der Waals surface area contributed by atoms with E-state index >= 15 is 0 Å². The molecule has 0 spiro atoms. The highest BCUT2D eigenvalue weighted by molar-refractivity contribution is 5.95. The molecule has 1 aliphatic rings. The Balaban J connectivity index is 2.04. The quantitative estimate of drug-likeness (QED) is 0.871. The number of β-amino-alcohol motifs (C(OH)–C–C–N with tert-alkyl or cyclic N) is 1. The molecule has 0 radical (unpaired) electrons. The second-order valence-electron chi connectivity index (χ2n) is 5.37. The van der Waals surface area contributed by atoms with E-state index in [1.165, 1.54) is 0 Å². The standard InChI is InChI=1S/C15H22N2O2/c1-10-5-4-6-11(2)14(10)16-15(19)12(3)17-8-7-13(18)9-17/h4-6,12-13,18H,7-9H2,1-3H3,(H,16,19)/t12?,13-/m0/s1. The van der Waals surface area contributed by atoms with Gasteiger partial charge in [-0.05, 0) is 38.3 Å². The predicted octanol–water partition coefficient (Wildman–Crippen LogP) is 1.70. The van der Waals surface area contributed by atoms with E-state index in [9.17, 15) is 9.90 Å². The largest absolute Gasteiger partial charge is 0.392 e. The van der Waals surface area contributed by atoms with Crippen molar-refractivity contribution >= 4 is 11.6 Å². The smallest absolute Gasteiger partial charge is 0.241 e. The van der Waals surface area contributed by atoms with Crippen molar-refractivity contribution in [3.63, 3.8) is 0 Å². The molecule has 4 heteroatoms. The van der Waals surface area contributed by atoms with E-state index in [-0.39, 0.29) is 18.1 Å². The van der Waals surface area contributed by atoms with Gasteiger partial charge in [-0.3, -0.25) is 9.69 Å². The zero-order chi connectivity index (χ0) is 14.0. The summed E-state index contributed by atoms with van der Waals surface area (Å²) in [7, 11) is 0. The summed E-state index contributed by atoms with van der Waals surface area (Å²) in [6, 6.07) is 5.76. The van der Waals surface area contributed by atoms with E-state index in [4.69, 9.17) is 0 Å². The van der Waals surface area contributed by atoms with Crippen molar-refractivity contribution in [1.29, 1.82) is 0 Å². The first-order valence-corrected chi connectivity index (χ1v) is 6.78. The van der Waals surface area contributed by atoms with Gasteiger partial charge in [-0.1, -0.05) is 18.2 Å². The maximum absolute atomic E-state index is 12.3. The Morgan fingerprint density at radius 1 is 1.42 bits per heavy atom. The fraction of sp³-hybridized carbons (Fsp3) is 0.533. The average Bonchev–Trinajstić information content (AvgIpc) is 2.79. The molecule has 0 aliphatic carbocycles. The lowest BCUT2D eigenvalue weighted by molar-refractivity contribution is -0.120. The Morgan fingerprint density at radius 3 is 2.58 bits per heavy atom. The van der Waals surface area contributed by atoms with Gasteiger partial charge in [0.25, 0.3) is 0 Å². The van der Waals surface area contributed by atoms with E-state index in [1.54, 1.807) is 0 Å². The molecule has 1 aromatic rings. The van der Waals surface area contributed by atoms with Gasteiger partial charge in [-0.15, -0.1) is 0 Å². The number of likely N-dealkylation sites (tertiary alicyclic amines) is 1. The van der Waals surface area contributed by atoms with Crippen molar-refractivity contribution in [2.75, 3.05) is 18.4 Å². The van der Waals surface area contributed by atoms with Crippen LogP contribution in [0.4, 0.5) is 5.69 Å². The maximum atomic E-state index is 12.3. The maximum Gasteiger partial charge on any atom is 0.241 e. The van der Waals surface area contributed by atoms with Crippen LogP contribution in [-0.4, -0.2) is 41.1 Å². The highest BCUT2D eigenvalue weighted by Crippen LogP contribution is 2.21. The molecule has 2 rings (SSSR count). The Morgan fingerprint density at radius 2 is 2.05 bits per heavy atom. The van der Waals surface area contributed by atoms with Crippen molar-refractivity contribution in [2.45, 2.75) is 39.3 Å². The molecule has 104 valence electrons. The summed E-state index contributed by atoms with van der Waals surface area (Å²) < 4.78 is 0. The van der Waals surface area contributed by atoms with Crippen LogP contribution in [0.25, 0.3) is 0 Å². The number of nitrogens with zero attached hydrogens (tertiary/aromatic N) is 1. The van der Waals surface area contributed by atoms with E-state index < -0.39 is 0 Å². The number of hydrogen-bond acceptors (Lipinski definition) is 3. The van der Waals surface area contributed by atoms with Crippen LogP contribution < -0.4 is 5.32 Å². The summed E-state index contributed by atoms with van der Waals surface area (Å²) in [4.78, 5) is 14.3. The lowest BCUT2D eigenvalue weighted by Crippen LogP contribution is -2.41. The minimum Gasteiger partial charge on any atom is -0.392 e. The Hall–Kier alpha value is -1.39. The molecule has 1 aromatic carbocycles. The number of carbonyl (C=O) groups is 1. The SMILES string of the molecule is Cc1cccc(C)c1NC(=O)C(C)N1CC[C@H](O)C1. The number of nitrogens with one attached hydrogen (secondary N) is 1. The van der Waals surface area contributed by atoms with Gasteiger partial charge in [0, 0.05) is 18.8 Å². The summed E-state index contributed by atoms with van der Waals surface area (Å²) >= 11 is 0. The first kappa shape index (κ1) is 14.0. The van der Waals surface area contributed by atoms with Gasteiger partial charge in [-0.25, -0.2) is 0 Å². The Labute approximate surface area is 114 Å². The van der Waals surface area contributed by atoms with Crippen molar-refractivity contribution in [2.24, 2.45) is 0 Å². The molecular weight excluding hydrogens is 240 g/mol. The third-order valence-electron chi connectivity index (χ3n) is 3.85. The molecule has 0 bridgehead atoms. The molecular formula is C15H22N2O2. The number of para-hydroxylation sites is 1. The van der Waals surface area contributed by atoms with Gasteiger partial charge < -0.3 is 10.4 Å². The molecule has 1 amide bonds. The third-order valence-corrected chi connectivity index (χ3v) is 3.85. The van der Waals surface area contributed by atoms with Gasteiger partial charge in [0.2, 0.25) is 5.91 Å². The van der Waals surface area contributed by atoms with Crippen molar-refractivity contribution in [3.05, 3.63) is 29.3 Å². The van der Waals surface area contributed by atoms with Crippen LogP contribution in [0.15, 0.2) is 18.2 Å². The van der Waals surface area contributed by atoms with Crippen molar-refractivity contribution in [3.8, 4) is 0 Å². The summed E-state index contributed by atoms with van der Waals surface area (Å²) in [6.07, 6.45) is 0.455. The van der Waals surface area contributed by atoms with E-state index in [2.05, 4.69) is 5.32 Å². The van der Waals surface area contributed by atoms with Crippen LogP contribution in [0.1, 0.15) is 24.5 Å². The zero-order valence-electron chi connectivity index (χ0n) is 11.8. The van der Waals surface area contributed by atoms with Gasteiger partial charge in [-0.2, -0.15) is 0 Å². The molecule has 4 nitrogen and oxygen atoms in total. The minimum absolute atomic E-state index is 0.00787. The molecule has 1 heterocycles. The first-order valence-electron chi connectivity index (χ1n) is 6.78. The molecule has 2 atom stereocenters. The van der Waals surface area contributed by atoms with E-state index in [1.807, 2.05) is 43.9 Å². The molecule has 0 saturated carbocycles. The van der Waals surface area contributed by atoms with Crippen LogP contribution in [0.5, 0.6) is 0 Å². The number of anilines is 1. The third kappa shape index (κ3) is 3.14. The normalized spacial score (nSPS) is 21.4. The topological polar surface area (TPSA) is 52.6 Å². The number of hydrogen-bond donors (Lipinski definition) is 2. The number of carbonyl (C=O) groups excluding carboxylic acids is 1. The fourth-order valence-corrected chi connectivity index (χ4v) is 2.52. The highest BCUT2D eigenvalue weighted by Gasteiger charge is 2.28. The second kappa shape index (κ2) is 5.72. The first-order chi connectivity index (χ1) is 8.99. The van der Waals surface area contributed by atoms with Crippen LogP contribution >= 0.6 is 0 Å². The summed E-state index contributed by atoms with van der Waals surface area (Å²) in [5.41, 5.74) is 3.04. The van der Waals surface area contributed by atoms with E-state index in [0.29, 0.717) is 6.54 Å². The van der Waals surface area contributed by atoms with Gasteiger partial charge in [0.05, 0.1) is 12.1 Å². The average molecular weight is 262 g/mol. The lowest BCUT2D eigenvalue weighted by Gasteiger charge is -2.23. The lowest BCUT2D eigenvalue weighted by atomic mass is 10.1. The van der Waals surface area contributed by atoms with E-state index in [0.717, 1.165) is 29.8 Å². The molecule has 0 aromatic heterocycles. The van der Waals surface area contributed by atoms with Crippen molar-refractivity contribution < 1.29 is 9.90 Å². The number of rotatable bonds is 3. The molecule has 2 N–H and O–H groups in total. The monoisotopic (exact) mass is 262 g/mol. The number of benzene rings is 1. The van der Waals surface area contributed by atoms with Gasteiger partial charge in [0.15, 0.2) is 0 Å². The van der Waals surface area contributed by atoms with Crippen LogP contribution in [0, 0.1) is 13.8 Å².